The maximum Gasteiger partial charge on any atom is 0.251 e. The van der Waals surface area contributed by atoms with E-state index < -0.39 is 0 Å². The third kappa shape index (κ3) is 8.80. The first-order chi connectivity index (χ1) is 15.0. The molecule has 0 saturated carbocycles. The average molecular weight is 424 g/mol. The largest absolute Gasteiger partial charge is 0.357 e. The van der Waals surface area contributed by atoms with Gasteiger partial charge in [0.2, 0.25) is 0 Å². The summed E-state index contributed by atoms with van der Waals surface area (Å²) in [7, 11) is 2.17. The summed E-state index contributed by atoms with van der Waals surface area (Å²) in [5.74, 6) is 0.746. The summed E-state index contributed by atoms with van der Waals surface area (Å²) < 4.78 is 0. The van der Waals surface area contributed by atoms with Crippen LogP contribution in [0.5, 0.6) is 0 Å². The minimum Gasteiger partial charge on any atom is -0.357 e. The van der Waals surface area contributed by atoms with Crippen molar-refractivity contribution >= 4 is 11.9 Å². The van der Waals surface area contributed by atoms with Gasteiger partial charge in [-0.25, -0.2) is 4.99 Å². The molecular weight excluding hydrogens is 386 g/mol. The Morgan fingerprint density at radius 1 is 0.968 bits per heavy atom. The number of carbonyl (C=O) groups excluding carboxylic acids is 1. The molecule has 0 radical (unpaired) electrons. The topological polar surface area (TPSA) is 68.8 Å². The van der Waals surface area contributed by atoms with E-state index in [1.807, 2.05) is 31.2 Å². The summed E-state index contributed by atoms with van der Waals surface area (Å²) in [4.78, 5) is 19.1. The van der Waals surface area contributed by atoms with E-state index >= 15 is 0 Å². The molecule has 0 aliphatic rings. The summed E-state index contributed by atoms with van der Waals surface area (Å²) in [6.07, 6.45) is 1.01. The second-order valence-electron chi connectivity index (χ2n) is 7.72. The van der Waals surface area contributed by atoms with Crippen molar-refractivity contribution in [1.29, 1.82) is 0 Å². The lowest BCUT2D eigenvalue weighted by atomic mass is 10.1. The van der Waals surface area contributed by atoms with Gasteiger partial charge in [-0.1, -0.05) is 42.5 Å². The Morgan fingerprint density at radius 3 is 2.39 bits per heavy atom. The molecule has 0 spiro atoms. The van der Waals surface area contributed by atoms with Crippen LogP contribution in [0.1, 0.15) is 48.7 Å². The zero-order valence-electron chi connectivity index (χ0n) is 19.3. The van der Waals surface area contributed by atoms with Crippen LogP contribution in [0.25, 0.3) is 0 Å². The number of rotatable bonds is 11. The van der Waals surface area contributed by atoms with E-state index in [1.54, 1.807) is 0 Å². The third-order valence-electron chi connectivity index (χ3n) is 5.17. The maximum absolute atomic E-state index is 12.0. The van der Waals surface area contributed by atoms with E-state index in [2.05, 4.69) is 77.1 Å². The SMILES string of the molecule is CCNC(=O)c1cccc(CN=C(NCC)NCCC(C)N(C)Cc2ccccc2)c1. The fraction of sp³-hybridized carbons (Fsp3) is 0.440. The molecule has 0 heterocycles. The molecule has 0 aromatic heterocycles. The zero-order valence-corrected chi connectivity index (χ0v) is 19.3. The second kappa shape index (κ2) is 13.4. The summed E-state index contributed by atoms with van der Waals surface area (Å²) in [5, 5.41) is 9.56. The standard InChI is InChI=1S/C25H37N5O/c1-5-26-24(31)23-14-10-13-22(17-23)18-29-25(27-6-2)28-16-15-20(3)30(4)19-21-11-8-7-9-12-21/h7-14,17,20H,5-6,15-16,18-19H2,1-4H3,(H,26,31)(H2,27,28,29). The van der Waals surface area contributed by atoms with Gasteiger partial charge in [0.25, 0.3) is 5.91 Å². The highest BCUT2D eigenvalue weighted by Gasteiger charge is 2.10. The number of guanidine groups is 1. The van der Waals surface area contributed by atoms with Gasteiger partial charge < -0.3 is 16.0 Å². The van der Waals surface area contributed by atoms with Gasteiger partial charge in [0.1, 0.15) is 0 Å². The van der Waals surface area contributed by atoms with Crippen LogP contribution in [0.4, 0.5) is 0 Å². The molecule has 0 aliphatic carbocycles. The Balaban J connectivity index is 1.85. The van der Waals surface area contributed by atoms with Crippen molar-refractivity contribution in [2.24, 2.45) is 4.99 Å². The first-order valence-electron chi connectivity index (χ1n) is 11.2. The summed E-state index contributed by atoms with van der Waals surface area (Å²) >= 11 is 0. The Hall–Kier alpha value is -2.86. The molecule has 2 aromatic rings. The average Bonchev–Trinajstić information content (AvgIpc) is 2.78. The molecule has 0 fully saturated rings. The summed E-state index contributed by atoms with van der Waals surface area (Å²) in [5.41, 5.74) is 3.01. The molecule has 0 saturated heterocycles. The van der Waals surface area contributed by atoms with E-state index in [0.717, 1.165) is 37.6 Å². The molecule has 6 nitrogen and oxygen atoms in total. The molecule has 0 bridgehead atoms. The van der Waals surface area contributed by atoms with Crippen molar-refractivity contribution in [1.82, 2.24) is 20.9 Å². The van der Waals surface area contributed by atoms with Crippen molar-refractivity contribution < 1.29 is 4.79 Å². The highest BCUT2D eigenvalue weighted by molar-refractivity contribution is 5.94. The number of nitrogens with zero attached hydrogens (tertiary/aromatic N) is 2. The third-order valence-corrected chi connectivity index (χ3v) is 5.17. The monoisotopic (exact) mass is 423 g/mol. The van der Waals surface area contributed by atoms with Gasteiger partial charge in [-0.05, 0) is 57.5 Å². The van der Waals surface area contributed by atoms with Gasteiger partial charge in [-0.3, -0.25) is 9.69 Å². The number of amides is 1. The van der Waals surface area contributed by atoms with Crippen LogP contribution in [0.3, 0.4) is 0 Å². The van der Waals surface area contributed by atoms with Crippen LogP contribution in [-0.2, 0) is 13.1 Å². The van der Waals surface area contributed by atoms with Crippen molar-refractivity contribution in [3.63, 3.8) is 0 Å². The maximum atomic E-state index is 12.0. The van der Waals surface area contributed by atoms with Gasteiger partial charge in [-0.2, -0.15) is 0 Å². The number of aliphatic imine (C=N–C) groups is 1. The van der Waals surface area contributed by atoms with Gasteiger partial charge in [0.05, 0.1) is 6.54 Å². The quantitative estimate of drug-likeness (QED) is 0.383. The Labute approximate surface area is 187 Å². The summed E-state index contributed by atoms with van der Waals surface area (Å²) in [6, 6.07) is 18.6. The van der Waals surface area contributed by atoms with Crippen LogP contribution < -0.4 is 16.0 Å². The lowest BCUT2D eigenvalue weighted by Gasteiger charge is -2.25. The Morgan fingerprint density at radius 2 is 1.68 bits per heavy atom. The molecule has 6 heteroatoms. The lowest BCUT2D eigenvalue weighted by molar-refractivity contribution is 0.0955. The number of nitrogens with one attached hydrogen (secondary N) is 3. The van der Waals surface area contributed by atoms with E-state index in [4.69, 9.17) is 0 Å². The first kappa shape index (κ1) is 24.4. The highest BCUT2D eigenvalue weighted by Crippen LogP contribution is 2.09. The zero-order chi connectivity index (χ0) is 22.5. The molecule has 1 amide bonds. The number of hydrogen-bond donors (Lipinski definition) is 3. The predicted molar refractivity (Wildman–Crippen MR) is 129 cm³/mol. The van der Waals surface area contributed by atoms with E-state index in [-0.39, 0.29) is 5.91 Å². The smallest absolute Gasteiger partial charge is 0.251 e. The van der Waals surface area contributed by atoms with E-state index in [0.29, 0.717) is 24.7 Å². The van der Waals surface area contributed by atoms with Crippen molar-refractivity contribution in [3.05, 3.63) is 71.3 Å². The van der Waals surface area contributed by atoms with Crippen molar-refractivity contribution in [2.45, 2.75) is 46.3 Å². The van der Waals surface area contributed by atoms with E-state index in [9.17, 15) is 4.79 Å². The van der Waals surface area contributed by atoms with Crippen LogP contribution in [0, 0.1) is 0 Å². The van der Waals surface area contributed by atoms with Crippen LogP contribution in [0.2, 0.25) is 0 Å². The fourth-order valence-corrected chi connectivity index (χ4v) is 3.23. The number of hydrogen-bond acceptors (Lipinski definition) is 3. The minimum absolute atomic E-state index is 0.0491. The molecule has 2 rings (SSSR count). The lowest BCUT2D eigenvalue weighted by Crippen LogP contribution is -2.40. The van der Waals surface area contributed by atoms with Gasteiger partial charge >= 0.3 is 0 Å². The van der Waals surface area contributed by atoms with Gasteiger partial charge in [0.15, 0.2) is 5.96 Å². The summed E-state index contributed by atoms with van der Waals surface area (Å²) in [6.45, 7) is 9.95. The van der Waals surface area contributed by atoms with Gasteiger partial charge in [0, 0.05) is 37.8 Å². The molecule has 0 aliphatic heterocycles. The van der Waals surface area contributed by atoms with E-state index in [1.165, 1.54) is 5.56 Å². The molecular formula is C25H37N5O. The van der Waals surface area contributed by atoms with Crippen LogP contribution >= 0.6 is 0 Å². The Kier molecular flexibility index (Phi) is 10.6. The normalized spacial score (nSPS) is 12.5. The minimum atomic E-state index is -0.0491. The second-order valence-corrected chi connectivity index (χ2v) is 7.72. The predicted octanol–water partition coefficient (Wildman–Crippen LogP) is 3.40. The molecule has 1 atom stereocenters. The number of carbonyl (C=O) groups is 1. The molecule has 168 valence electrons. The number of benzene rings is 2. The van der Waals surface area contributed by atoms with Crippen LogP contribution in [0.15, 0.2) is 59.6 Å². The fourth-order valence-electron chi connectivity index (χ4n) is 3.23. The Bertz CT molecular complexity index is 822. The molecule has 31 heavy (non-hydrogen) atoms. The van der Waals surface area contributed by atoms with Crippen molar-refractivity contribution in [3.8, 4) is 0 Å². The highest BCUT2D eigenvalue weighted by atomic mass is 16.1. The van der Waals surface area contributed by atoms with Crippen LogP contribution in [-0.4, -0.2) is 49.5 Å². The molecule has 1 unspecified atom stereocenters. The van der Waals surface area contributed by atoms with Crippen molar-refractivity contribution in [2.75, 3.05) is 26.7 Å². The van der Waals surface area contributed by atoms with Gasteiger partial charge in [-0.15, -0.1) is 0 Å². The molecule has 3 N–H and O–H groups in total. The molecule has 2 aromatic carbocycles. The first-order valence-corrected chi connectivity index (χ1v) is 11.2.